The molecule has 0 radical (unpaired) electrons. The minimum absolute atomic E-state index is 0.0495. The van der Waals surface area contributed by atoms with Crippen LogP contribution in [0, 0.1) is 5.92 Å². The lowest BCUT2D eigenvalue weighted by atomic mass is 9.76. The van der Waals surface area contributed by atoms with E-state index in [0.717, 1.165) is 24.1 Å². The third-order valence-electron chi connectivity index (χ3n) is 6.23. The first kappa shape index (κ1) is 16.7. The first-order valence-electron chi connectivity index (χ1n) is 10.0. The van der Waals surface area contributed by atoms with E-state index in [4.69, 9.17) is 9.26 Å². The highest BCUT2D eigenvalue weighted by molar-refractivity contribution is 6.07. The Hall–Kier alpha value is -3.22. The van der Waals surface area contributed by atoms with Gasteiger partial charge in [-0.25, -0.2) is 4.98 Å². The topological polar surface area (TPSA) is 94.3 Å². The molecule has 3 fully saturated rings. The van der Waals surface area contributed by atoms with Crippen LogP contribution >= 0.6 is 0 Å². The van der Waals surface area contributed by atoms with Crippen LogP contribution < -0.4 is 5.32 Å². The van der Waals surface area contributed by atoms with Crippen LogP contribution in [0.3, 0.4) is 0 Å². The maximum atomic E-state index is 13.3. The molecule has 1 amide bonds. The lowest BCUT2D eigenvalue weighted by Gasteiger charge is -2.38. The van der Waals surface area contributed by atoms with Crippen LogP contribution in [0.2, 0.25) is 0 Å². The molecule has 2 aliphatic carbocycles. The number of nitrogens with one attached hydrogen (secondary N) is 1. The Morgan fingerprint density at radius 3 is 2.76 bits per heavy atom. The number of carbonyl (C=O) groups excluding carboxylic acids is 2. The molecule has 0 unspecified atom stereocenters. The lowest BCUT2D eigenvalue weighted by Crippen LogP contribution is -2.53. The van der Waals surface area contributed by atoms with Crippen LogP contribution in [0.25, 0.3) is 22.4 Å². The molecule has 29 heavy (non-hydrogen) atoms. The van der Waals surface area contributed by atoms with E-state index in [2.05, 4.69) is 15.5 Å². The Morgan fingerprint density at radius 2 is 2.00 bits per heavy atom. The number of ether oxygens (including phenoxy) is 1. The zero-order valence-electron chi connectivity index (χ0n) is 15.6. The largest absolute Gasteiger partial charge is 0.462 e. The first-order valence-corrected chi connectivity index (χ1v) is 10.0. The molecular weight excluding hydrogens is 370 g/mol. The van der Waals surface area contributed by atoms with Gasteiger partial charge in [-0.3, -0.25) is 9.59 Å². The van der Waals surface area contributed by atoms with Gasteiger partial charge in [-0.2, -0.15) is 0 Å². The quantitative estimate of drug-likeness (QED) is 0.689. The molecule has 2 aromatic heterocycles. The third kappa shape index (κ3) is 2.72. The van der Waals surface area contributed by atoms with Gasteiger partial charge in [0, 0.05) is 29.9 Å². The van der Waals surface area contributed by atoms with Gasteiger partial charge in [-0.1, -0.05) is 35.5 Å². The summed E-state index contributed by atoms with van der Waals surface area (Å²) in [7, 11) is 0. The second-order valence-electron chi connectivity index (χ2n) is 8.16. The van der Waals surface area contributed by atoms with Crippen molar-refractivity contribution in [3.05, 3.63) is 47.7 Å². The monoisotopic (exact) mass is 389 g/mol. The van der Waals surface area contributed by atoms with Crippen molar-refractivity contribution >= 4 is 23.0 Å². The zero-order chi connectivity index (χ0) is 19.5. The molecule has 7 heteroatoms. The van der Waals surface area contributed by atoms with Crippen molar-refractivity contribution in [3.8, 4) is 11.3 Å². The highest BCUT2D eigenvalue weighted by atomic mass is 16.6. The van der Waals surface area contributed by atoms with Crippen molar-refractivity contribution in [2.75, 3.05) is 0 Å². The predicted molar refractivity (Wildman–Crippen MR) is 103 cm³/mol. The predicted octanol–water partition coefficient (Wildman–Crippen LogP) is 3.20. The Balaban J connectivity index is 1.39. The number of benzene rings is 1. The summed E-state index contributed by atoms with van der Waals surface area (Å²) in [4.78, 5) is 29.4. The van der Waals surface area contributed by atoms with Crippen molar-refractivity contribution in [1.29, 1.82) is 0 Å². The Bertz CT molecular complexity index is 1140. The average molecular weight is 389 g/mol. The summed E-state index contributed by atoms with van der Waals surface area (Å²) >= 11 is 0. The highest BCUT2D eigenvalue weighted by Gasteiger charge is 2.50. The standard InChI is InChI=1S/C22H19N3O4/c26-18-9-13-16(10-17(13)28-18)23-21(27)14-8-15(11-4-2-1-3-5-11)24-22-19(14)20(25-29-22)12-6-7-12/h1-5,8,12-13,16-17H,6-7,9-10H2,(H,23,27)/t13-,16+,17+/m0/s1. The maximum Gasteiger partial charge on any atom is 0.306 e. The minimum atomic E-state index is -0.178. The normalized spacial score (nSPS) is 25.4. The summed E-state index contributed by atoms with van der Waals surface area (Å²) in [5.74, 6) is 0.0517. The van der Waals surface area contributed by atoms with Crippen LogP contribution in [-0.4, -0.2) is 34.2 Å². The van der Waals surface area contributed by atoms with Crippen molar-refractivity contribution in [3.63, 3.8) is 0 Å². The number of pyridine rings is 1. The Kier molecular flexibility index (Phi) is 3.54. The van der Waals surface area contributed by atoms with Crippen LogP contribution in [0.4, 0.5) is 0 Å². The third-order valence-corrected chi connectivity index (χ3v) is 6.23. The molecule has 3 heterocycles. The van der Waals surface area contributed by atoms with Crippen molar-refractivity contribution < 1.29 is 18.8 Å². The smallest absolute Gasteiger partial charge is 0.306 e. The number of esters is 1. The molecule has 0 spiro atoms. The number of hydrogen-bond acceptors (Lipinski definition) is 6. The number of nitrogens with zero attached hydrogens (tertiary/aromatic N) is 2. The van der Waals surface area contributed by atoms with E-state index < -0.39 is 0 Å². The highest BCUT2D eigenvalue weighted by Crippen LogP contribution is 2.44. The number of aromatic nitrogens is 2. The van der Waals surface area contributed by atoms with E-state index in [-0.39, 0.29) is 29.9 Å². The number of fused-ring (bicyclic) bond motifs is 2. The molecule has 1 N–H and O–H groups in total. The number of rotatable bonds is 4. The second-order valence-corrected chi connectivity index (χ2v) is 8.16. The summed E-state index contributed by atoms with van der Waals surface area (Å²) in [5, 5.41) is 8.04. The molecule has 1 saturated heterocycles. The lowest BCUT2D eigenvalue weighted by molar-refractivity contribution is -0.143. The van der Waals surface area contributed by atoms with Crippen LogP contribution in [-0.2, 0) is 9.53 Å². The minimum Gasteiger partial charge on any atom is -0.462 e. The molecule has 1 aromatic carbocycles. The van der Waals surface area contributed by atoms with Gasteiger partial charge >= 0.3 is 5.97 Å². The number of amides is 1. The van der Waals surface area contributed by atoms with Crippen molar-refractivity contribution in [1.82, 2.24) is 15.5 Å². The van der Waals surface area contributed by atoms with Crippen molar-refractivity contribution in [2.45, 2.75) is 43.7 Å². The summed E-state index contributed by atoms with van der Waals surface area (Å²) < 4.78 is 10.8. The molecule has 3 atom stereocenters. The first-order chi connectivity index (χ1) is 14.2. The molecule has 0 bridgehead atoms. The van der Waals surface area contributed by atoms with E-state index >= 15 is 0 Å². The van der Waals surface area contributed by atoms with E-state index in [1.165, 1.54) is 0 Å². The Morgan fingerprint density at radius 1 is 1.17 bits per heavy atom. The van der Waals surface area contributed by atoms with Crippen molar-refractivity contribution in [2.24, 2.45) is 5.92 Å². The van der Waals surface area contributed by atoms with Gasteiger partial charge in [0.2, 0.25) is 0 Å². The van der Waals surface area contributed by atoms with E-state index in [1.54, 1.807) is 0 Å². The summed E-state index contributed by atoms with van der Waals surface area (Å²) in [6.07, 6.45) is 3.09. The molecule has 2 saturated carbocycles. The molecule has 1 aliphatic heterocycles. The SMILES string of the molecule is O=C1C[C@H]2[C@H](NC(=O)c3cc(-c4ccccc4)nc4onc(C5CC5)c34)C[C@H]2O1. The van der Waals surface area contributed by atoms with E-state index in [1.807, 2.05) is 36.4 Å². The number of carbonyl (C=O) groups is 2. The van der Waals surface area contributed by atoms with Crippen LogP contribution in [0.15, 0.2) is 40.9 Å². The van der Waals surface area contributed by atoms with Crippen LogP contribution in [0.1, 0.15) is 47.7 Å². The van der Waals surface area contributed by atoms with E-state index in [9.17, 15) is 9.59 Å². The van der Waals surface area contributed by atoms with Gasteiger partial charge in [0.15, 0.2) is 0 Å². The molecule has 6 rings (SSSR count). The van der Waals surface area contributed by atoms with Gasteiger partial charge < -0.3 is 14.6 Å². The average Bonchev–Trinajstić information content (AvgIpc) is 3.42. The number of hydrogen-bond donors (Lipinski definition) is 1. The van der Waals surface area contributed by atoms with Gasteiger partial charge in [0.25, 0.3) is 11.6 Å². The fourth-order valence-electron chi connectivity index (χ4n) is 4.44. The fraction of sp³-hybridized carbons (Fsp3) is 0.364. The fourth-order valence-corrected chi connectivity index (χ4v) is 4.44. The Labute approximate surface area is 166 Å². The van der Waals surface area contributed by atoms with Crippen LogP contribution in [0.5, 0.6) is 0 Å². The molecule has 7 nitrogen and oxygen atoms in total. The molecule has 3 aliphatic rings. The van der Waals surface area contributed by atoms with Gasteiger partial charge in [-0.05, 0) is 18.9 Å². The van der Waals surface area contributed by atoms with E-state index in [0.29, 0.717) is 41.1 Å². The zero-order valence-corrected chi connectivity index (χ0v) is 15.6. The molecule has 146 valence electrons. The van der Waals surface area contributed by atoms with Gasteiger partial charge in [0.1, 0.15) is 6.10 Å². The molecular formula is C22H19N3O4. The van der Waals surface area contributed by atoms with Gasteiger partial charge in [0.05, 0.1) is 28.8 Å². The summed E-state index contributed by atoms with van der Waals surface area (Å²) in [6.45, 7) is 0. The summed E-state index contributed by atoms with van der Waals surface area (Å²) in [5.41, 5.74) is 3.33. The maximum absolute atomic E-state index is 13.3. The van der Waals surface area contributed by atoms with Gasteiger partial charge in [-0.15, -0.1) is 0 Å². The summed E-state index contributed by atoms with van der Waals surface area (Å²) in [6, 6.07) is 11.5. The molecule has 3 aromatic rings. The second kappa shape index (κ2) is 6.14.